The maximum absolute atomic E-state index is 4.33. The van der Waals surface area contributed by atoms with Gasteiger partial charge in [-0.15, -0.1) is 13.1 Å². The molecule has 0 saturated carbocycles. The first kappa shape index (κ1) is 11.1. The molecule has 0 aliphatic carbocycles. The molecule has 2 aliphatic rings. The van der Waals surface area contributed by atoms with Crippen molar-refractivity contribution < 1.29 is 32.7 Å². The molecule has 12 heavy (non-hydrogen) atoms. The molecule has 2 saturated heterocycles. The average Bonchev–Trinajstić information content (AvgIpc) is 2.02. The summed E-state index contributed by atoms with van der Waals surface area (Å²) in [5.41, 5.74) is 0.672. The second kappa shape index (κ2) is 4.50. The Kier molecular flexibility index (Phi) is 4.16. The summed E-state index contributed by atoms with van der Waals surface area (Å²) in [6, 6.07) is 0. The van der Waals surface area contributed by atoms with E-state index in [0.717, 1.165) is 13.1 Å². The second-order valence-electron chi connectivity index (χ2n) is 3.97. The molecule has 3 heteroatoms. The van der Waals surface area contributed by atoms with Crippen molar-refractivity contribution >= 4 is 0 Å². The summed E-state index contributed by atoms with van der Waals surface area (Å²) < 4.78 is 0. The van der Waals surface area contributed by atoms with Crippen LogP contribution in [-0.2, 0) is 32.7 Å². The molecule has 0 unspecified atom stereocenters. The maximum atomic E-state index is 4.33. The van der Waals surface area contributed by atoms with Crippen LogP contribution in [0.2, 0.25) is 0 Å². The molecule has 0 aromatic heterocycles. The zero-order valence-corrected chi connectivity index (χ0v) is 10.8. The molecule has 0 aromatic carbocycles. The first-order valence-corrected chi connectivity index (χ1v) is 4.70. The van der Waals surface area contributed by atoms with E-state index < -0.39 is 0 Å². The van der Waals surface area contributed by atoms with Crippen molar-refractivity contribution in [3.8, 4) is 0 Å². The van der Waals surface area contributed by atoms with E-state index in [0.29, 0.717) is 5.41 Å². The largest absolute Gasteiger partial charge is 0.661 e. The summed E-state index contributed by atoms with van der Waals surface area (Å²) in [6.45, 7) is 8.42. The minimum absolute atomic E-state index is 0. The molecule has 0 atom stereocenters. The van der Waals surface area contributed by atoms with Gasteiger partial charge in [-0.2, -0.15) is 0 Å². The predicted molar refractivity (Wildman–Crippen MR) is 46.9 cm³/mol. The Morgan fingerprint density at radius 3 is 2.17 bits per heavy atom. The van der Waals surface area contributed by atoms with E-state index >= 15 is 0 Å². The van der Waals surface area contributed by atoms with Crippen LogP contribution in [0.4, 0.5) is 0 Å². The van der Waals surface area contributed by atoms with Gasteiger partial charge in [-0.25, -0.2) is 0 Å². The van der Waals surface area contributed by atoms with Gasteiger partial charge in [-0.3, -0.25) is 0 Å². The molecule has 0 N–H and O–H groups in total. The Bertz CT molecular complexity index is 135. The van der Waals surface area contributed by atoms with Gasteiger partial charge in [0.25, 0.3) is 0 Å². The van der Waals surface area contributed by atoms with Crippen molar-refractivity contribution in [3.63, 3.8) is 0 Å². The zero-order valence-electron chi connectivity index (χ0n) is 7.92. The summed E-state index contributed by atoms with van der Waals surface area (Å²) >= 11 is 0. The van der Waals surface area contributed by atoms with Gasteiger partial charge >= 0.3 is 0 Å². The van der Waals surface area contributed by atoms with E-state index in [1.54, 1.807) is 0 Å². The molecule has 1 spiro atoms. The third kappa shape index (κ3) is 2.09. The summed E-state index contributed by atoms with van der Waals surface area (Å²) in [5, 5.41) is 4.33. The van der Waals surface area contributed by atoms with E-state index in [1.165, 1.54) is 32.5 Å². The first-order chi connectivity index (χ1) is 5.35. The van der Waals surface area contributed by atoms with Gasteiger partial charge in [-0.05, 0) is 32.5 Å². The van der Waals surface area contributed by atoms with Gasteiger partial charge in [0, 0.05) is 32.7 Å². The van der Waals surface area contributed by atoms with Gasteiger partial charge in [0.15, 0.2) is 0 Å². The number of rotatable bonds is 1. The van der Waals surface area contributed by atoms with Crippen LogP contribution in [0.25, 0.3) is 5.32 Å². The SMILES string of the molecule is CCN1CCC2(CC1)C[N-]C2.[Y]. The Labute approximate surface area is 100 Å². The van der Waals surface area contributed by atoms with Crippen molar-refractivity contribution in [1.82, 2.24) is 4.90 Å². The molecule has 2 rings (SSSR count). The van der Waals surface area contributed by atoms with Crippen LogP contribution < -0.4 is 0 Å². The quantitative estimate of drug-likeness (QED) is 0.680. The first-order valence-electron chi connectivity index (χ1n) is 4.70. The van der Waals surface area contributed by atoms with Crippen LogP contribution >= 0.6 is 0 Å². The van der Waals surface area contributed by atoms with Crippen LogP contribution in [0.3, 0.4) is 0 Å². The van der Waals surface area contributed by atoms with Gasteiger partial charge in [-0.1, -0.05) is 12.3 Å². The fourth-order valence-corrected chi connectivity index (χ4v) is 2.09. The molecule has 2 fully saturated rings. The van der Waals surface area contributed by atoms with Crippen LogP contribution in [0, 0.1) is 5.41 Å². The summed E-state index contributed by atoms with van der Waals surface area (Å²) in [5.74, 6) is 0. The molecular formula is C9H17N2Y-. The number of hydrogen-bond donors (Lipinski definition) is 0. The van der Waals surface area contributed by atoms with Gasteiger partial charge in [0.05, 0.1) is 0 Å². The van der Waals surface area contributed by atoms with E-state index in [2.05, 4.69) is 17.1 Å². The van der Waals surface area contributed by atoms with Gasteiger partial charge in [0.2, 0.25) is 0 Å². The number of piperidine rings is 1. The molecule has 0 amide bonds. The van der Waals surface area contributed by atoms with Crippen LogP contribution in [0.1, 0.15) is 19.8 Å². The third-order valence-corrected chi connectivity index (χ3v) is 3.26. The Balaban J connectivity index is 0.000000720. The normalized spacial score (nSPS) is 27.8. The van der Waals surface area contributed by atoms with Crippen molar-refractivity contribution in [2.45, 2.75) is 19.8 Å². The average molecular weight is 242 g/mol. The maximum Gasteiger partial charge on any atom is 0 e. The third-order valence-electron chi connectivity index (χ3n) is 3.26. The summed E-state index contributed by atoms with van der Waals surface area (Å²) in [6.07, 6.45) is 2.79. The molecule has 67 valence electrons. The second-order valence-corrected chi connectivity index (χ2v) is 3.97. The molecule has 0 bridgehead atoms. The number of likely N-dealkylation sites (tertiary alicyclic amines) is 1. The Morgan fingerprint density at radius 2 is 1.83 bits per heavy atom. The molecule has 2 nitrogen and oxygen atoms in total. The Hall–Kier alpha value is 1.02. The molecule has 2 aliphatic heterocycles. The summed E-state index contributed by atoms with van der Waals surface area (Å²) in [4.78, 5) is 2.55. The van der Waals surface area contributed by atoms with Crippen LogP contribution in [-0.4, -0.2) is 37.6 Å². The van der Waals surface area contributed by atoms with Gasteiger partial charge < -0.3 is 10.2 Å². The van der Waals surface area contributed by atoms with E-state index in [9.17, 15) is 0 Å². The van der Waals surface area contributed by atoms with Gasteiger partial charge in [0.1, 0.15) is 0 Å². The van der Waals surface area contributed by atoms with E-state index in [1.807, 2.05) is 0 Å². The van der Waals surface area contributed by atoms with Crippen molar-refractivity contribution in [2.75, 3.05) is 32.7 Å². The molecule has 0 aromatic rings. The summed E-state index contributed by atoms with van der Waals surface area (Å²) in [7, 11) is 0. The fraction of sp³-hybridized carbons (Fsp3) is 1.00. The predicted octanol–water partition coefficient (Wildman–Crippen LogP) is 1.47. The van der Waals surface area contributed by atoms with Crippen molar-refractivity contribution in [3.05, 3.63) is 5.32 Å². The standard InChI is InChI=1S/C9H17N2.Y/c1-2-11-5-3-9(4-6-11)7-10-8-9;/h2-8H2,1H3;/q-1;. The molecular weight excluding hydrogens is 225 g/mol. The van der Waals surface area contributed by atoms with E-state index in [-0.39, 0.29) is 32.7 Å². The molecule has 1 radical (unpaired) electrons. The van der Waals surface area contributed by atoms with Crippen LogP contribution in [0.5, 0.6) is 0 Å². The fourth-order valence-electron chi connectivity index (χ4n) is 2.09. The minimum atomic E-state index is 0. The van der Waals surface area contributed by atoms with Crippen molar-refractivity contribution in [2.24, 2.45) is 5.41 Å². The smallest absolute Gasteiger partial charge is 0 e. The number of hydrogen-bond acceptors (Lipinski definition) is 1. The monoisotopic (exact) mass is 242 g/mol. The Morgan fingerprint density at radius 1 is 1.25 bits per heavy atom. The van der Waals surface area contributed by atoms with Crippen LogP contribution in [0.15, 0.2) is 0 Å². The zero-order chi connectivity index (χ0) is 7.73. The number of nitrogens with zero attached hydrogens (tertiary/aromatic N) is 2. The van der Waals surface area contributed by atoms with Crippen molar-refractivity contribution in [1.29, 1.82) is 0 Å². The minimum Gasteiger partial charge on any atom is -0.661 e. The topological polar surface area (TPSA) is 17.3 Å². The van der Waals surface area contributed by atoms with E-state index in [4.69, 9.17) is 0 Å². The molecule has 2 heterocycles.